The van der Waals surface area contributed by atoms with E-state index < -0.39 is 36.5 Å². The van der Waals surface area contributed by atoms with E-state index in [-0.39, 0.29) is 12.7 Å². The fourth-order valence-corrected chi connectivity index (χ4v) is 5.27. The number of alkyl halides is 1. The molecule has 0 spiro atoms. The fourth-order valence-electron chi connectivity index (χ4n) is 5.09. The van der Waals surface area contributed by atoms with E-state index in [0.717, 1.165) is 22.3 Å². The molecule has 0 radical (unpaired) electrons. The van der Waals surface area contributed by atoms with Crippen LogP contribution in [0.4, 0.5) is 4.39 Å². The number of hydrogen-bond acceptors (Lipinski definition) is 6. The van der Waals surface area contributed by atoms with Gasteiger partial charge in [-0.2, -0.15) is 0 Å². The van der Waals surface area contributed by atoms with Crippen LogP contribution in [-0.4, -0.2) is 45.2 Å². The number of rotatable bonds is 2. The predicted octanol–water partition coefficient (Wildman–Crippen LogP) is 4.59. The molecule has 2 saturated heterocycles. The van der Waals surface area contributed by atoms with Crippen LogP contribution in [-0.2, 0) is 18.9 Å². The maximum atomic E-state index is 14.6. The first-order valence-electron chi connectivity index (χ1n) is 10.7. The summed E-state index contributed by atoms with van der Waals surface area (Å²) in [6.45, 7) is 5.64. The Morgan fingerprint density at radius 2 is 1.91 bits per heavy atom. The molecule has 0 saturated carbocycles. The third-order valence-electron chi connectivity index (χ3n) is 6.46. The van der Waals surface area contributed by atoms with Crippen LogP contribution in [0.25, 0.3) is 11.0 Å². The topological polar surface area (TPSA) is 67.6 Å². The molecule has 3 aromatic rings. The van der Waals surface area contributed by atoms with E-state index in [1.807, 2.05) is 43.7 Å². The highest BCUT2D eigenvalue weighted by Crippen LogP contribution is 2.50. The summed E-state index contributed by atoms with van der Waals surface area (Å²) in [4.78, 5) is 8.75. The largest absolute Gasteiger partial charge is 0.367 e. The monoisotopic (exact) mass is 459 g/mol. The van der Waals surface area contributed by atoms with Gasteiger partial charge in [0.05, 0.1) is 12.3 Å². The van der Waals surface area contributed by atoms with E-state index in [2.05, 4.69) is 9.97 Å². The highest BCUT2D eigenvalue weighted by atomic mass is 35.5. The Morgan fingerprint density at radius 3 is 2.75 bits per heavy atom. The van der Waals surface area contributed by atoms with Crippen molar-refractivity contribution in [2.45, 2.75) is 63.4 Å². The van der Waals surface area contributed by atoms with Crippen LogP contribution in [0.3, 0.4) is 0 Å². The van der Waals surface area contributed by atoms with Gasteiger partial charge in [-0.3, -0.25) is 0 Å². The third-order valence-corrected chi connectivity index (χ3v) is 6.70. The molecular weight excluding hydrogens is 437 g/mol. The fraction of sp³-hybridized carbons (Fsp3) is 0.478. The van der Waals surface area contributed by atoms with Gasteiger partial charge in [0, 0.05) is 16.6 Å². The van der Waals surface area contributed by atoms with E-state index in [4.69, 9.17) is 30.5 Å². The van der Waals surface area contributed by atoms with Gasteiger partial charge in [-0.25, -0.2) is 14.4 Å². The quantitative estimate of drug-likeness (QED) is 0.558. The van der Waals surface area contributed by atoms with Gasteiger partial charge in [0.15, 0.2) is 12.0 Å². The molecule has 3 aliphatic rings. The summed E-state index contributed by atoms with van der Waals surface area (Å²) >= 11 is 6.14. The van der Waals surface area contributed by atoms with Crippen molar-refractivity contribution < 1.29 is 23.3 Å². The second-order valence-corrected chi connectivity index (χ2v) is 9.41. The summed E-state index contributed by atoms with van der Waals surface area (Å²) < 4.78 is 41.6. The first kappa shape index (κ1) is 20.5. The average Bonchev–Trinajstić information content (AvgIpc) is 3.40. The number of hydrogen-bond donors (Lipinski definition) is 0. The molecule has 7 nitrogen and oxygen atoms in total. The van der Waals surface area contributed by atoms with Crippen LogP contribution in [0, 0.1) is 6.92 Å². The summed E-state index contributed by atoms with van der Waals surface area (Å²) in [5.41, 5.74) is 2.90. The van der Waals surface area contributed by atoms with Gasteiger partial charge >= 0.3 is 0 Å². The van der Waals surface area contributed by atoms with Gasteiger partial charge in [-0.15, -0.1) is 0 Å². The minimum atomic E-state index is -1.24. The molecule has 0 bridgehead atoms. The first-order valence-corrected chi connectivity index (χ1v) is 11.0. The van der Waals surface area contributed by atoms with Crippen molar-refractivity contribution in [3.8, 4) is 0 Å². The maximum absolute atomic E-state index is 14.6. The van der Waals surface area contributed by atoms with Crippen LogP contribution >= 0.6 is 11.6 Å². The van der Waals surface area contributed by atoms with Crippen LogP contribution in [0.15, 0.2) is 36.8 Å². The van der Waals surface area contributed by atoms with Gasteiger partial charge in [0.1, 0.15) is 42.6 Å². The lowest BCUT2D eigenvalue weighted by Gasteiger charge is -2.34. The SMILES string of the molecule is Cc1ncnc2c1ccn2[C@@H]1O[C@H]([C@@H]2OC[C@H](F)c3cc(Cl)ccc32)[C@H]2OC(C)(C)O[C@H]21. The Hall–Kier alpha value is -2.10. The summed E-state index contributed by atoms with van der Waals surface area (Å²) in [6.07, 6.45) is -0.0534. The van der Waals surface area contributed by atoms with Gasteiger partial charge in [-0.05, 0) is 50.1 Å². The van der Waals surface area contributed by atoms with Crippen molar-refractivity contribution in [1.29, 1.82) is 0 Å². The molecule has 0 aliphatic carbocycles. The summed E-state index contributed by atoms with van der Waals surface area (Å²) in [5, 5.41) is 1.44. The zero-order chi connectivity index (χ0) is 22.2. The Balaban J connectivity index is 1.42. The summed E-state index contributed by atoms with van der Waals surface area (Å²) in [7, 11) is 0. The molecule has 9 heteroatoms. The summed E-state index contributed by atoms with van der Waals surface area (Å²) in [5.74, 6) is -0.788. The molecule has 2 fully saturated rings. The van der Waals surface area contributed by atoms with E-state index >= 15 is 0 Å². The van der Waals surface area contributed by atoms with E-state index in [9.17, 15) is 4.39 Å². The number of aromatic nitrogens is 3. The van der Waals surface area contributed by atoms with Crippen molar-refractivity contribution in [2.75, 3.05) is 6.61 Å². The highest BCUT2D eigenvalue weighted by molar-refractivity contribution is 6.30. The summed E-state index contributed by atoms with van der Waals surface area (Å²) in [6, 6.07) is 7.19. The molecule has 0 N–H and O–H groups in total. The standard InChI is InChI=1S/C23H23ClFN3O4/c1-11-13-6-7-28(21(13)27-10-26-11)22-20-19(31-23(2,3)32-20)18(30-22)17-14-5-4-12(24)8-15(14)16(25)9-29-17/h4-8,10,16-20,22H,9H2,1-3H3/t16-,17+,18+,19+,20+,22+/m0/s1. The minimum Gasteiger partial charge on any atom is -0.367 e. The molecule has 5 heterocycles. The predicted molar refractivity (Wildman–Crippen MR) is 114 cm³/mol. The molecule has 6 rings (SSSR count). The molecule has 0 amide bonds. The minimum absolute atomic E-state index is 0.0664. The number of fused-ring (bicyclic) bond motifs is 3. The molecular formula is C23H23ClFN3O4. The number of aryl methyl sites for hydroxylation is 1. The lowest BCUT2D eigenvalue weighted by molar-refractivity contribution is -0.214. The molecule has 1 aromatic carbocycles. The van der Waals surface area contributed by atoms with E-state index in [1.165, 1.54) is 0 Å². The van der Waals surface area contributed by atoms with Gasteiger partial charge in [0.2, 0.25) is 0 Å². The van der Waals surface area contributed by atoms with Crippen molar-refractivity contribution in [2.24, 2.45) is 0 Å². The number of halogens is 2. The third kappa shape index (κ3) is 3.08. The molecule has 168 valence electrons. The lowest BCUT2D eigenvalue weighted by Crippen LogP contribution is -2.37. The van der Waals surface area contributed by atoms with Gasteiger partial charge in [-0.1, -0.05) is 17.7 Å². The first-order chi connectivity index (χ1) is 15.3. The normalized spacial score (nSPS) is 33.4. The Labute approximate surface area is 189 Å². The smallest absolute Gasteiger partial charge is 0.164 e. The zero-order valence-electron chi connectivity index (χ0n) is 17.9. The van der Waals surface area contributed by atoms with Crippen molar-refractivity contribution in [3.05, 3.63) is 58.6 Å². The highest BCUT2D eigenvalue weighted by Gasteiger charge is 2.59. The second-order valence-electron chi connectivity index (χ2n) is 8.97. The van der Waals surface area contributed by atoms with Crippen LogP contribution in [0.5, 0.6) is 0 Å². The lowest BCUT2D eigenvalue weighted by atomic mass is 9.91. The maximum Gasteiger partial charge on any atom is 0.164 e. The Bertz CT molecular complexity index is 1200. The number of benzene rings is 1. The molecule has 2 aromatic heterocycles. The Kier molecular flexibility index (Phi) is 4.61. The number of ether oxygens (including phenoxy) is 4. The van der Waals surface area contributed by atoms with Crippen LogP contribution < -0.4 is 0 Å². The molecule has 32 heavy (non-hydrogen) atoms. The van der Waals surface area contributed by atoms with Gasteiger partial charge in [0.25, 0.3) is 0 Å². The molecule has 6 atom stereocenters. The second kappa shape index (κ2) is 7.20. The van der Waals surface area contributed by atoms with Crippen LogP contribution in [0.1, 0.15) is 49.2 Å². The Morgan fingerprint density at radius 1 is 1.09 bits per heavy atom. The average molecular weight is 460 g/mol. The van der Waals surface area contributed by atoms with E-state index in [1.54, 1.807) is 18.5 Å². The van der Waals surface area contributed by atoms with Crippen LogP contribution in [0.2, 0.25) is 5.02 Å². The van der Waals surface area contributed by atoms with Crippen molar-refractivity contribution in [3.63, 3.8) is 0 Å². The molecule has 3 aliphatic heterocycles. The van der Waals surface area contributed by atoms with E-state index in [0.29, 0.717) is 10.6 Å². The molecule has 0 unspecified atom stereocenters. The van der Waals surface area contributed by atoms with Gasteiger partial charge < -0.3 is 23.5 Å². The van der Waals surface area contributed by atoms with Crippen molar-refractivity contribution >= 4 is 22.6 Å². The number of nitrogens with zero attached hydrogens (tertiary/aromatic N) is 3. The van der Waals surface area contributed by atoms with Crippen molar-refractivity contribution in [1.82, 2.24) is 14.5 Å². The zero-order valence-corrected chi connectivity index (χ0v) is 18.6.